The molecule has 32 heavy (non-hydrogen) atoms. The average molecular weight is 456 g/mol. The number of carbonyl (C=O) groups excluding carboxylic acids is 4. The molecule has 168 valence electrons. The first-order chi connectivity index (χ1) is 15.1. The Morgan fingerprint density at radius 1 is 1.16 bits per heavy atom. The highest BCUT2D eigenvalue weighted by molar-refractivity contribution is 8.00. The molecule has 4 N–H and O–H groups in total. The summed E-state index contributed by atoms with van der Waals surface area (Å²) in [6.07, 6.45) is 0.316. The number of imide groups is 1. The molecule has 1 aliphatic rings. The van der Waals surface area contributed by atoms with Gasteiger partial charge in [0.25, 0.3) is 11.8 Å². The van der Waals surface area contributed by atoms with Crippen molar-refractivity contribution in [1.82, 2.24) is 20.7 Å². The number of aromatic nitrogens is 1. The van der Waals surface area contributed by atoms with Crippen LogP contribution in [0.15, 0.2) is 35.4 Å². The molecule has 0 radical (unpaired) electrons. The molecule has 0 aliphatic carbocycles. The van der Waals surface area contributed by atoms with E-state index in [0.29, 0.717) is 27.6 Å². The van der Waals surface area contributed by atoms with Crippen molar-refractivity contribution in [1.29, 1.82) is 0 Å². The number of urea groups is 1. The quantitative estimate of drug-likeness (QED) is 0.432. The maximum Gasteiger partial charge on any atom is 0.344 e. The van der Waals surface area contributed by atoms with Crippen molar-refractivity contribution < 1.29 is 19.2 Å². The summed E-state index contributed by atoms with van der Waals surface area (Å²) in [5.74, 6) is -1.96. The summed E-state index contributed by atoms with van der Waals surface area (Å²) < 4.78 is 0. The van der Waals surface area contributed by atoms with Crippen molar-refractivity contribution in [3.8, 4) is 0 Å². The predicted molar refractivity (Wildman–Crippen MR) is 120 cm³/mol. The summed E-state index contributed by atoms with van der Waals surface area (Å²) in [5.41, 5.74) is 9.80. The highest BCUT2D eigenvalue weighted by atomic mass is 32.2. The van der Waals surface area contributed by atoms with Gasteiger partial charge in [0, 0.05) is 5.69 Å². The molecular formula is C22H25N5O4S. The Bertz CT molecular complexity index is 1110. The largest absolute Gasteiger partial charge is 0.366 e. The van der Waals surface area contributed by atoms with E-state index in [-0.39, 0.29) is 11.3 Å². The van der Waals surface area contributed by atoms with Gasteiger partial charge in [0.15, 0.2) is 0 Å². The third-order valence-electron chi connectivity index (χ3n) is 5.67. The van der Waals surface area contributed by atoms with E-state index in [0.717, 1.165) is 23.0 Å². The normalized spacial score (nSPS) is 17.9. The molecular weight excluding hydrogens is 430 g/mol. The minimum absolute atomic E-state index is 0.170. The molecule has 1 aliphatic heterocycles. The lowest BCUT2D eigenvalue weighted by Gasteiger charge is -2.25. The number of hydrogen-bond donors (Lipinski definition) is 3. The monoisotopic (exact) mass is 455 g/mol. The Morgan fingerprint density at radius 3 is 2.41 bits per heavy atom. The molecule has 3 rings (SSSR count). The van der Waals surface area contributed by atoms with Gasteiger partial charge in [-0.3, -0.25) is 19.8 Å². The van der Waals surface area contributed by atoms with Crippen molar-refractivity contribution in [2.45, 2.75) is 44.7 Å². The zero-order valence-corrected chi connectivity index (χ0v) is 19.1. The molecule has 0 saturated carbocycles. The smallest absolute Gasteiger partial charge is 0.344 e. The number of hydrogen-bond acceptors (Lipinski definition) is 6. The highest BCUT2D eigenvalue weighted by Crippen LogP contribution is 2.32. The fraction of sp³-hybridized carbons (Fsp3) is 0.318. The summed E-state index contributed by atoms with van der Waals surface area (Å²) in [7, 11) is 0. The first-order valence-corrected chi connectivity index (χ1v) is 11.0. The van der Waals surface area contributed by atoms with Gasteiger partial charge in [-0.2, -0.15) is 5.01 Å². The third kappa shape index (κ3) is 4.05. The standard InChI is InChI=1S/C22H25N5O4S/c1-5-22(15-9-7-6-8-10-15)20(30)27(21(31)25-22)26-16(28)11-32-19-17(18(23)29)13(3)12(2)14(4)24-19/h6-10H,5,11H2,1-4H3,(H2,23,29)(H,25,31)(H,26,28)/t22-/m1/s1. The van der Waals surface area contributed by atoms with Crippen LogP contribution in [0.4, 0.5) is 4.79 Å². The van der Waals surface area contributed by atoms with E-state index in [1.165, 1.54) is 0 Å². The van der Waals surface area contributed by atoms with Crippen LogP contribution in [0.1, 0.15) is 46.1 Å². The van der Waals surface area contributed by atoms with Crippen LogP contribution in [0.5, 0.6) is 0 Å². The lowest BCUT2D eigenvalue weighted by Crippen LogP contribution is -2.49. The van der Waals surface area contributed by atoms with E-state index in [1.807, 2.05) is 13.0 Å². The van der Waals surface area contributed by atoms with Crippen molar-refractivity contribution >= 4 is 35.5 Å². The van der Waals surface area contributed by atoms with Crippen LogP contribution in [-0.4, -0.2) is 39.5 Å². The molecule has 1 atom stereocenters. The van der Waals surface area contributed by atoms with Gasteiger partial charge < -0.3 is 11.1 Å². The number of thioether (sulfide) groups is 1. The highest BCUT2D eigenvalue weighted by Gasteiger charge is 2.52. The lowest BCUT2D eigenvalue weighted by molar-refractivity contribution is -0.138. The van der Waals surface area contributed by atoms with Crippen molar-refractivity contribution in [2.24, 2.45) is 5.73 Å². The number of benzene rings is 1. The second-order valence-electron chi connectivity index (χ2n) is 7.51. The molecule has 0 spiro atoms. The molecule has 2 heterocycles. The van der Waals surface area contributed by atoms with Crippen LogP contribution in [0.25, 0.3) is 0 Å². The summed E-state index contributed by atoms with van der Waals surface area (Å²) in [4.78, 5) is 54.5. The van der Waals surface area contributed by atoms with Gasteiger partial charge >= 0.3 is 6.03 Å². The maximum atomic E-state index is 13.1. The second kappa shape index (κ2) is 8.99. The fourth-order valence-corrected chi connectivity index (χ4v) is 4.57. The van der Waals surface area contributed by atoms with E-state index in [4.69, 9.17) is 5.73 Å². The van der Waals surface area contributed by atoms with Crippen LogP contribution >= 0.6 is 11.8 Å². The first kappa shape index (κ1) is 23.3. The summed E-state index contributed by atoms with van der Waals surface area (Å²) in [6, 6.07) is 8.16. The Labute approximate surface area is 190 Å². The average Bonchev–Trinajstić information content (AvgIpc) is 3.01. The number of nitrogens with zero attached hydrogens (tertiary/aromatic N) is 2. The molecule has 5 amide bonds. The number of primary amides is 1. The Hall–Kier alpha value is -3.40. The molecule has 1 aromatic carbocycles. The number of pyridine rings is 1. The summed E-state index contributed by atoms with van der Waals surface area (Å²) >= 11 is 1.01. The van der Waals surface area contributed by atoms with Crippen LogP contribution in [-0.2, 0) is 15.1 Å². The predicted octanol–water partition coefficient (Wildman–Crippen LogP) is 2.09. The van der Waals surface area contributed by atoms with E-state index in [2.05, 4.69) is 15.7 Å². The molecule has 0 unspecified atom stereocenters. The van der Waals surface area contributed by atoms with E-state index in [1.54, 1.807) is 45.0 Å². The third-order valence-corrected chi connectivity index (χ3v) is 6.65. The van der Waals surface area contributed by atoms with E-state index < -0.39 is 29.3 Å². The number of amides is 5. The zero-order valence-electron chi connectivity index (χ0n) is 18.3. The minimum Gasteiger partial charge on any atom is -0.366 e. The van der Waals surface area contributed by atoms with Gasteiger partial charge in [-0.05, 0) is 43.9 Å². The van der Waals surface area contributed by atoms with Crippen LogP contribution < -0.4 is 16.5 Å². The summed E-state index contributed by atoms with van der Waals surface area (Å²) in [6.45, 7) is 7.20. The fourth-order valence-electron chi connectivity index (χ4n) is 3.64. The molecule has 9 nitrogen and oxygen atoms in total. The van der Waals surface area contributed by atoms with E-state index >= 15 is 0 Å². The van der Waals surface area contributed by atoms with Gasteiger partial charge in [0.2, 0.25) is 5.91 Å². The van der Waals surface area contributed by atoms with Crippen LogP contribution in [0.3, 0.4) is 0 Å². The van der Waals surface area contributed by atoms with Crippen molar-refractivity contribution in [3.05, 3.63) is 58.3 Å². The number of nitrogens with two attached hydrogens (primary N) is 1. The van der Waals surface area contributed by atoms with E-state index in [9.17, 15) is 19.2 Å². The minimum atomic E-state index is -1.25. The topological polar surface area (TPSA) is 134 Å². The SMILES string of the molecule is CC[C@]1(c2ccccc2)NC(=O)N(NC(=O)CSc2nc(C)c(C)c(C)c2C(N)=O)C1=O. The first-order valence-electron chi connectivity index (χ1n) is 10.0. The second-order valence-corrected chi connectivity index (χ2v) is 8.47. The number of rotatable bonds is 7. The van der Waals surface area contributed by atoms with Crippen LogP contribution in [0.2, 0.25) is 0 Å². The van der Waals surface area contributed by atoms with Crippen LogP contribution in [0, 0.1) is 20.8 Å². The Morgan fingerprint density at radius 2 is 1.81 bits per heavy atom. The van der Waals surface area contributed by atoms with Gasteiger partial charge in [0.05, 0.1) is 11.3 Å². The molecule has 1 aromatic heterocycles. The molecule has 2 aromatic rings. The number of nitrogens with one attached hydrogen (secondary N) is 2. The maximum absolute atomic E-state index is 13.1. The number of carbonyl (C=O) groups is 4. The van der Waals surface area contributed by atoms with Gasteiger partial charge in [-0.15, -0.1) is 0 Å². The molecule has 0 bridgehead atoms. The van der Waals surface area contributed by atoms with Crippen molar-refractivity contribution in [2.75, 3.05) is 5.75 Å². The lowest BCUT2D eigenvalue weighted by atomic mass is 9.87. The van der Waals surface area contributed by atoms with Gasteiger partial charge in [0.1, 0.15) is 10.6 Å². The zero-order chi connectivity index (χ0) is 23.6. The Balaban J connectivity index is 1.76. The van der Waals surface area contributed by atoms with Gasteiger partial charge in [-0.1, -0.05) is 49.0 Å². The number of hydrazine groups is 1. The molecule has 10 heteroatoms. The number of aryl methyl sites for hydroxylation is 1. The van der Waals surface area contributed by atoms with Gasteiger partial charge in [-0.25, -0.2) is 9.78 Å². The summed E-state index contributed by atoms with van der Waals surface area (Å²) in [5, 5.41) is 3.73. The molecule has 1 saturated heterocycles. The Kier molecular flexibility index (Phi) is 6.54. The van der Waals surface area contributed by atoms with Crippen molar-refractivity contribution in [3.63, 3.8) is 0 Å². The molecule has 1 fully saturated rings.